The number of imide groups is 1. The van der Waals surface area contributed by atoms with Crippen molar-refractivity contribution in [3.8, 4) is 0 Å². The molecule has 2 saturated heterocycles. The SMILES string of the molecule is CC(C)N1C(=O)CC(NC(=O)N(C)C2CCOCC2)C1=O. The van der Waals surface area contributed by atoms with E-state index in [1.165, 1.54) is 4.90 Å². The third-order valence-corrected chi connectivity index (χ3v) is 4.06. The van der Waals surface area contributed by atoms with Crippen molar-refractivity contribution >= 4 is 17.8 Å². The highest BCUT2D eigenvalue weighted by atomic mass is 16.5. The number of urea groups is 1. The number of nitrogens with one attached hydrogen (secondary N) is 1. The fourth-order valence-electron chi connectivity index (χ4n) is 2.80. The summed E-state index contributed by atoms with van der Waals surface area (Å²) in [5, 5.41) is 2.68. The van der Waals surface area contributed by atoms with Gasteiger partial charge in [0.25, 0.3) is 5.91 Å². The summed E-state index contributed by atoms with van der Waals surface area (Å²) in [6, 6.07) is -1.11. The maximum Gasteiger partial charge on any atom is 0.318 e. The minimum absolute atomic E-state index is 0.0460. The summed E-state index contributed by atoms with van der Waals surface area (Å²) in [5.41, 5.74) is 0. The number of carbonyl (C=O) groups is 3. The molecule has 4 amide bonds. The third kappa shape index (κ3) is 3.34. The van der Waals surface area contributed by atoms with Gasteiger partial charge >= 0.3 is 6.03 Å². The van der Waals surface area contributed by atoms with Crippen LogP contribution < -0.4 is 5.32 Å². The van der Waals surface area contributed by atoms with Crippen LogP contribution >= 0.6 is 0 Å². The third-order valence-electron chi connectivity index (χ3n) is 4.06. The Balaban J connectivity index is 1.93. The van der Waals surface area contributed by atoms with Crippen molar-refractivity contribution in [2.75, 3.05) is 20.3 Å². The Labute approximate surface area is 124 Å². The summed E-state index contributed by atoms with van der Waals surface area (Å²) in [5.74, 6) is -0.544. The lowest BCUT2D eigenvalue weighted by atomic mass is 10.1. The number of carbonyl (C=O) groups excluding carboxylic acids is 3. The zero-order valence-electron chi connectivity index (χ0n) is 12.8. The first-order valence-corrected chi connectivity index (χ1v) is 7.38. The zero-order valence-corrected chi connectivity index (χ0v) is 12.8. The first-order valence-electron chi connectivity index (χ1n) is 7.38. The quantitative estimate of drug-likeness (QED) is 0.762. The van der Waals surface area contributed by atoms with Crippen LogP contribution in [0.5, 0.6) is 0 Å². The molecule has 0 aliphatic carbocycles. The summed E-state index contributed by atoms with van der Waals surface area (Å²) in [6.07, 6.45) is 1.63. The summed E-state index contributed by atoms with van der Waals surface area (Å²) in [6.45, 7) is 4.86. The van der Waals surface area contributed by atoms with Crippen LogP contribution in [0.25, 0.3) is 0 Å². The van der Waals surface area contributed by atoms with Gasteiger partial charge in [0.05, 0.1) is 6.42 Å². The van der Waals surface area contributed by atoms with Gasteiger partial charge in [-0.3, -0.25) is 14.5 Å². The molecule has 0 aromatic carbocycles. The van der Waals surface area contributed by atoms with Crippen LogP contribution in [0.15, 0.2) is 0 Å². The summed E-state index contributed by atoms with van der Waals surface area (Å²) >= 11 is 0. The molecule has 1 unspecified atom stereocenters. The van der Waals surface area contributed by atoms with E-state index in [9.17, 15) is 14.4 Å². The van der Waals surface area contributed by atoms with E-state index in [2.05, 4.69) is 5.32 Å². The van der Waals surface area contributed by atoms with Crippen molar-refractivity contribution in [2.24, 2.45) is 0 Å². The largest absolute Gasteiger partial charge is 0.381 e. The van der Waals surface area contributed by atoms with E-state index < -0.39 is 6.04 Å². The van der Waals surface area contributed by atoms with E-state index in [0.717, 1.165) is 12.8 Å². The van der Waals surface area contributed by atoms with E-state index in [-0.39, 0.29) is 36.3 Å². The van der Waals surface area contributed by atoms with Crippen molar-refractivity contribution in [3.63, 3.8) is 0 Å². The minimum Gasteiger partial charge on any atom is -0.381 e. The van der Waals surface area contributed by atoms with Crippen LogP contribution in [0.2, 0.25) is 0 Å². The van der Waals surface area contributed by atoms with Gasteiger partial charge in [0.2, 0.25) is 5.91 Å². The summed E-state index contributed by atoms with van der Waals surface area (Å²) in [4.78, 5) is 39.0. The first-order chi connectivity index (χ1) is 9.91. The molecule has 2 aliphatic rings. The van der Waals surface area contributed by atoms with Gasteiger partial charge in [0.15, 0.2) is 0 Å². The van der Waals surface area contributed by atoms with Crippen molar-refractivity contribution in [1.82, 2.24) is 15.1 Å². The first kappa shape index (κ1) is 15.8. The molecule has 2 heterocycles. The zero-order chi connectivity index (χ0) is 15.6. The molecular weight excluding hydrogens is 274 g/mol. The van der Waals surface area contributed by atoms with E-state index in [0.29, 0.717) is 13.2 Å². The van der Waals surface area contributed by atoms with Crippen LogP contribution in [0.4, 0.5) is 4.79 Å². The maximum absolute atomic E-state index is 12.2. The second kappa shape index (κ2) is 6.43. The summed E-state index contributed by atoms with van der Waals surface area (Å²) < 4.78 is 5.27. The molecule has 0 radical (unpaired) electrons. The second-order valence-corrected chi connectivity index (χ2v) is 5.86. The van der Waals surface area contributed by atoms with E-state index in [1.807, 2.05) is 0 Å². The molecule has 0 aromatic rings. The number of hydrogen-bond donors (Lipinski definition) is 1. The molecule has 1 atom stereocenters. The fourth-order valence-corrected chi connectivity index (χ4v) is 2.80. The highest BCUT2D eigenvalue weighted by molar-refractivity contribution is 6.07. The van der Waals surface area contributed by atoms with Gasteiger partial charge in [0, 0.05) is 32.3 Å². The van der Waals surface area contributed by atoms with Crippen molar-refractivity contribution in [3.05, 3.63) is 0 Å². The second-order valence-electron chi connectivity index (χ2n) is 5.86. The highest BCUT2D eigenvalue weighted by Gasteiger charge is 2.41. The number of ether oxygens (including phenoxy) is 1. The van der Waals surface area contributed by atoms with Crippen LogP contribution in [0, 0.1) is 0 Å². The van der Waals surface area contributed by atoms with E-state index in [1.54, 1.807) is 25.8 Å². The Morgan fingerprint density at radius 1 is 1.33 bits per heavy atom. The average Bonchev–Trinajstić information content (AvgIpc) is 2.73. The standard InChI is InChI=1S/C14H23N3O4/c1-9(2)17-12(18)8-11(13(17)19)15-14(20)16(3)10-4-6-21-7-5-10/h9-11H,4-8H2,1-3H3,(H,15,20). The van der Waals surface area contributed by atoms with Crippen LogP contribution in [0.3, 0.4) is 0 Å². The van der Waals surface area contributed by atoms with Crippen molar-refractivity contribution < 1.29 is 19.1 Å². The van der Waals surface area contributed by atoms with Gasteiger partial charge in [-0.25, -0.2) is 4.79 Å². The lowest BCUT2D eigenvalue weighted by molar-refractivity contribution is -0.140. The molecule has 0 aromatic heterocycles. The smallest absolute Gasteiger partial charge is 0.318 e. The molecule has 0 spiro atoms. The summed E-state index contributed by atoms with van der Waals surface area (Å²) in [7, 11) is 1.72. The van der Waals surface area contributed by atoms with Gasteiger partial charge < -0.3 is 15.0 Å². The molecule has 7 heteroatoms. The number of amides is 4. The Bertz CT molecular complexity index is 432. The normalized spacial score (nSPS) is 23.8. The van der Waals surface area contributed by atoms with Gasteiger partial charge in [0.1, 0.15) is 6.04 Å². The Morgan fingerprint density at radius 2 is 1.95 bits per heavy atom. The molecule has 1 N–H and O–H groups in total. The molecule has 21 heavy (non-hydrogen) atoms. The molecule has 7 nitrogen and oxygen atoms in total. The van der Waals surface area contributed by atoms with Gasteiger partial charge in [-0.15, -0.1) is 0 Å². The molecule has 118 valence electrons. The Hall–Kier alpha value is -1.63. The molecule has 0 bridgehead atoms. The fraction of sp³-hybridized carbons (Fsp3) is 0.786. The molecule has 0 saturated carbocycles. The molecular formula is C14H23N3O4. The maximum atomic E-state index is 12.2. The molecule has 2 fully saturated rings. The lowest BCUT2D eigenvalue weighted by Gasteiger charge is -2.31. The highest BCUT2D eigenvalue weighted by Crippen LogP contribution is 2.17. The predicted octanol–water partition coefficient (Wildman–Crippen LogP) is 0.343. The Morgan fingerprint density at radius 3 is 2.48 bits per heavy atom. The van der Waals surface area contributed by atoms with Crippen LogP contribution in [0.1, 0.15) is 33.1 Å². The lowest BCUT2D eigenvalue weighted by Crippen LogP contribution is -2.51. The van der Waals surface area contributed by atoms with E-state index >= 15 is 0 Å². The topological polar surface area (TPSA) is 79.0 Å². The van der Waals surface area contributed by atoms with Gasteiger partial charge in [-0.2, -0.15) is 0 Å². The van der Waals surface area contributed by atoms with Crippen molar-refractivity contribution in [2.45, 2.75) is 51.2 Å². The number of likely N-dealkylation sites (tertiary alicyclic amines) is 1. The van der Waals surface area contributed by atoms with Crippen LogP contribution in [-0.2, 0) is 14.3 Å². The van der Waals surface area contributed by atoms with Gasteiger partial charge in [-0.1, -0.05) is 0 Å². The molecule has 2 aliphatic heterocycles. The average molecular weight is 297 g/mol. The van der Waals surface area contributed by atoms with Crippen LogP contribution in [-0.4, -0.2) is 66.0 Å². The van der Waals surface area contributed by atoms with Crippen molar-refractivity contribution in [1.29, 1.82) is 0 Å². The van der Waals surface area contributed by atoms with E-state index in [4.69, 9.17) is 4.74 Å². The Kier molecular flexibility index (Phi) is 4.82. The monoisotopic (exact) mass is 297 g/mol. The number of nitrogens with zero attached hydrogens (tertiary/aromatic N) is 2. The van der Waals surface area contributed by atoms with Gasteiger partial charge in [-0.05, 0) is 26.7 Å². The minimum atomic E-state index is -0.741. The number of rotatable bonds is 3. The number of hydrogen-bond acceptors (Lipinski definition) is 4. The predicted molar refractivity (Wildman–Crippen MR) is 75.5 cm³/mol. The molecule has 2 rings (SSSR count).